The lowest BCUT2D eigenvalue weighted by Crippen LogP contribution is -2.48. The Hall–Kier alpha value is -1.54. The minimum Gasteiger partial charge on any atom is -0.480 e. The molecule has 0 aromatic carbocycles. The minimum atomic E-state index is -0.942. The van der Waals surface area contributed by atoms with Crippen LogP contribution in [-0.2, 0) is 9.59 Å². The molecule has 0 bridgehead atoms. The molecule has 1 unspecified atom stereocenters. The molecule has 0 rings (SSSR count). The molecule has 2 N–H and O–H groups in total. The number of carboxylic acid groups (broad SMARTS) is 1. The SMILES string of the molecule is C#CCNC(=O)C(C)N(CC(=O)O)CC(C)C. The van der Waals surface area contributed by atoms with E-state index in [-0.39, 0.29) is 24.9 Å². The average Bonchev–Trinajstić information content (AvgIpc) is 2.22. The monoisotopic (exact) mass is 240 g/mol. The van der Waals surface area contributed by atoms with Gasteiger partial charge in [-0.25, -0.2) is 0 Å². The van der Waals surface area contributed by atoms with Crippen LogP contribution in [0.15, 0.2) is 0 Å². The summed E-state index contributed by atoms with van der Waals surface area (Å²) in [5.41, 5.74) is 0. The second-order valence-electron chi connectivity index (χ2n) is 4.31. The molecule has 0 aliphatic heterocycles. The molecule has 96 valence electrons. The molecular formula is C12H20N2O3. The van der Waals surface area contributed by atoms with Crippen molar-refractivity contribution in [3.63, 3.8) is 0 Å². The standard InChI is InChI=1S/C12H20N2O3/c1-5-6-13-12(17)10(4)14(7-9(2)3)8-11(15)16/h1,9-10H,6-8H2,2-4H3,(H,13,17)(H,15,16). The molecule has 0 spiro atoms. The van der Waals surface area contributed by atoms with E-state index in [1.807, 2.05) is 13.8 Å². The third-order valence-corrected chi connectivity index (χ3v) is 2.23. The number of carbonyl (C=O) groups is 2. The summed E-state index contributed by atoms with van der Waals surface area (Å²) in [5, 5.41) is 11.3. The first-order valence-electron chi connectivity index (χ1n) is 5.55. The number of terminal acetylenes is 1. The third-order valence-electron chi connectivity index (χ3n) is 2.23. The summed E-state index contributed by atoms with van der Waals surface area (Å²) in [6, 6.07) is -0.498. The van der Waals surface area contributed by atoms with Crippen LogP contribution in [0, 0.1) is 18.3 Å². The third kappa shape index (κ3) is 6.59. The lowest BCUT2D eigenvalue weighted by molar-refractivity contribution is -0.140. The van der Waals surface area contributed by atoms with E-state index in [1.165, 1.54) is 0 Å². The number of aliphatic carboxylic acids is 1. The van der Waals surface area contributed by atoms with Gasteiger partial charge in [-0.05, 0) is 12.8 Å². The fourth-order valence-electron chi connectivity index (χ4n) is 1.45. The Morgan fingerprint density at radius 2 is 2.00 bits per heavy atom. The maximum Gasteiger partial charge on any atom is 0.317 e. The summed E-state index contributed by atoms with van der Waals surface area (Å²) in [4.78, 5) is 24.0. The van der Waals surface area contributed by atoms with E-state index in [4.69, 9.17) is 11.5 Å². The number of amides is 1. The summed E-state index contributed by atoms with van der Waals surface area (Å²) in [6.07, 6.45) is 5.04. The van der Waals surface area contributed by atoms with Crippen LogP contribution in [0.25, 0.3) is 0 Å². The number of hydrogen-bond acceptors (Lipinski definition) is 3. The van der Waals surface area contributed by atoms with Gasteiger partial charge in [-0.3, -0.25) is 14.5 Å². The van der Waals surface area contributed by atoms with Crippen molar-refractivity contribution in [2.75, 3.05) is 19.6 Å². The molecule has 0 saturated heterocycles. The number of hydrogen-bond donors (Lipinski definition) is 2. The van der Waals surface area contributed by atoms with E-state index in [1.54, 1.807) is 11.8 Å². The summed E-state index contributed by atoms with van der Waals surface area (Å²) in [7, 11) is 0. The van der Waals surface area contributed by atoms with E-state index in [0.29, 0.717) is 6.54 Å². The zero-order valence-electron chi connectivity index (χ0n) is 10.6. The molecule has 5 heteroatoms. The van der Waals surface area contributed by atoms with E-state index in [9.17, 15) is 9.59 Å². The van der Waals surface area contributed by atoms with Crippen molar-refractivity contribution >= 4 is 11.9 Å². The van der Waals surface area contributed by atoms with Crippen molar-refractivity contribution in [3.05, 3.63) is 0 Å². The summed E-state index contributed by atoms with van der Waals surface area (Å²) in [5.74, 6) is 1.41. The largest absolute Gasteiger partial charge is 0.480 e. The second kappa shape index (κ2) is 7.69. The highest BCUT2D eigenvalue weighted by atomic mass is 16.4. The number of rotatable bonds is 7. The van der Waals surface area contributed by atoms with Crippen LogP contribution < -0.4 is 5.32 Å². The van der Waals surface area contributed by atoms with Crippen molar-refractivity contribution in [2.45, 2.75) is 26.8 Å². The molecule has 0 radical (unpaired) electrons. The Morgan fingerprint density at radius 3 is 2.41 bits per heavy atom. The van der Waals surface area contributed by atoms with Crippen molar-refractivity contribution in [3.8, 4) is 12.3 Å². The molecule has 0 aromatic heterocycles. The average molecular weight is 240 g/mol. The molecule has 5 nitrogen and oxygen atoms in total. The smallest absolute Gasteiger partial charge is 0.317 e. The minimum absolute atomic E-state index is 0.150. The van der Waals surface area contributed by atoms with Crippen LogP contribution in [0.4, 0.5) is 0 Å². The van der Waals surface area contributed by atoms with E-state index >= 15 is 0 Å². The molecule has 0 aliphatic rings. The summed E-state index contributed by atoms with van der Waals surface area (Å²) in [6.45, 7) is 6.19. The molecule has 0 saturated carbocycles. The molecule has 1 amide bonds. The van der Waals surface area contributed by atoms with Gasteiger partial charge < -0.3 is 10.4 Å². The van der Waals surface area contributed by atoms with Crippen LogP contribution in [0.5, 0.6) is 0 Å². The van der Waals surface area contributed by atoms with Crippen molar-refractivity contribution in [1.82, 2.24) is 10.2 Å². The predicted octanol–water partition coefficient (Wildman–Crippen LogP) is 0.167. The molecule has 0 aliphatic carbocycles. The predicted molar refractivity (Wildman–Crippen MR) is 65.4 cm³/mol. The van der Waals surface area contributed by atoms with E-state index in [0.717, 1.165) is 0 Å². The normalized spacial score (nSPS) is 12.2. The fraction of sp³-hybridized carbons (Fsp3) is 0.667. The number of carboxylic acids is 1. The van der Waals surface area contributed by atoms with Crippen LogP contribution in [-0.4, -0.2) is 47.6 Å². The van der Waals surface area contributed by atoms with Gasteiger partial charge in [0.1, 0.15) is 0 Å². The Balaban J connectivity index is 4.50. The van der Waals surface area contributed by atoms with Crippen LogP contribution in [0.3, 0.4) is 0 Å². The first-order chi connectivity index (χ1) is 7.88. The Morgan fingerprint density at radius 1 is 1.41 bits per heavy atom. The quantitative estimate of drug-likeness (QED) is 0.622. The van der Waals surface area contributed by atoms with Gasteiger partial charge in [-0.2, -0.15) is 0 Å². The van der Waals surface area contributed by atoms with Gasteiger partial charge in [0.25, 0.3) is 0 Å². The highest BCUT2D eigenvalue weighted by molar-refractivity contribution is 5.82. The van der Waals surface area contributed by atoms with Gasteiger partial charge >= 0.3 is 5.97 Å². The first kappa shape index (κ1) is 15.5. The van der Waals surface area contributed by atoms with Crippen molar-refractivity contribution < 1.29 is 14.7 Å². The highest BCUT2D eigenvalue weighted by Crippen LogP contribution is 2.04. The lowest BCUT2D eigenvalue weighted by Gasteiger charge is -2.27. The Kier molecular flexibility index (Phi) is 6.99. The zero-order chi connectivity index (χ0) is 13.4. The van der Waals surface area contributed by atoms with Crippen molar-refractivity contribution in [2.24, 2.45) is 5.92 Å². The molecule has 0 fully saturated rings. The van der Waals surface area contributed by atoms with Gasteiger partial charge in [0.15, 0.2) is 0 Å². The Bertz CT molecular complexity index is 307. The number of carbonyl (C=O) groups excluding carboxylic acids is 1. The molecule has 0 aromatic rings. The zero-order valence-corrected chi connectivity index (χ0v) is 10.6. The number of nitrogens with zero attached hydrogens (tertiary/aromatic N) is 1. The van der Waals surface area contributed by atoms with Gasteiger partial charge in [-0.15, -0.1) is 6.42 Å². The fourth-order valence-corrected chi connectivity index (χ4v) is 1.45. The molecule has 1 atom stereocenters. The van der Waals surface area contributed by atoms with Crippen LogP contribution in [0.1, 0.15) is 20.8 Å². The van der Waals surface area contributed by atoms with Gasteiger partial charge in [0, 0.05) is 6.54 Å². The second-order valence-corrected chi connectivity index (χ2v) is 4.31. The highest BCUT2D eigenvalue weighted by Gasteiger charge is 2.23. The van der Waals surface area contributed by atoms with E-state index in [2.05, 4.69) is 11.2 Å². The maximum atomic E-state index is 11.7. The molecule has 17 heavy (non-hydrogen) atoms. The molecule has 0 heterocycles. The van der Waals surface area contributed by atoms with Crippen LogP contribution in [0.2, 0.25) is 0 Å². The summed E-state index contributed by atoms with van der Waals surface area (Å²) >= 11 is 0. The first-order valence-corrected chi connectivity index (χ1v) is 5.55. The summed E-state index contributed by atoms with van der Waals surface area (Å²) < 4.78 is 0. The van der Waals surface area contributed by atoms with Gasteiger partial charge in [0.2, 0.25) is 5.91 Å². The van der Waals surface area contributed by atoms with E-state index < -0.39 is 12.0 Å². The van der Waals surface area contributed by atoms with Crippen LogP contribution >= 0.6 is 0 Å². The number of nitrogens with one attached hydrogen (secondary N) is 1. The van der Waals surface area contributed by atoms with Gasteiger partial charge in [0.05, 0.1) is 19.1 Å². The van der Waals surface area contributed by atoms with Gasteiger partial charge in [-0.1, -0.05) is 19.8 Å². The van der Waals surface area contributed by atoms with Crippen molar-refractivity contribution in [1.29, 1.82) is 0 Å². The Labute approximate surface area is 102 Å². The lowest BCUT2D eigenvalue weighted by atomic mass is 10.1. The topological polar surface area (TPSA) is 69.6 Å². The maximum absolute atomic E-state index is 11.7. The molecular weight excluding hydrogens is 220 g/mol.